The van der Waals surface area contributed by atoms with Crippen LogP contribution in [0.1, 0.15) is 11.1 Å². The number of imidazole rings is 1. The number of aromatic nitrogens is 2. The maximum absolute atomic E-state index is 12.7. The third kappa shape index (κ3) is 3.50. The first-order valence-corrected chi connectivity index (χ1v) is 10.6. The summed E-state index contributed by atoms with van der Waals surface area (Å²) in [5.41, 5.74) is 4.62. The van der Waals surface area contributed by atoms with E-state index in [1.165, 1.54) is 11.1 Å². The molecule has 7 heteroatoms. The topological polar surface area (TPSA) is 58.4 Å². The second-order valence-electron chi connectivity index (χ2n) is 7.12. The van der Waals surface area contributed by atoms with E-state index < -0.39 is 10.0 Å². The van der Waals surface area contributed by atoms with Crippen LogP contribution >= 0.6 is 0 Å². The molecule has 3 aromatic rings. The number of hydrogen-bond acceptors (Lipinski definition) is 4. The van der Waals surface area contributed by atoms with Crippen molar-refractivity contribution in [2.24, 2.45) is 0 Å². The maximum Gasteiger partial charge on any atom is 0.243 e. The van der Waals surface area contributed by atoms with Gasteiger partial charge in [-0.15, -0.1) is 0 Å². The highest BCUT2D eigenvalue weighted by Gasteiger charge is 2.28. The molecule has 0 saturated carbocycles. The Kier molecular flexibility index (Phi) is 4.75. The molecule has 27 heavy (non-hydrogen) atoms. The Labute approximate surface area is 160 Å². The van der Waals surface area contributed by atoms with Gasteiger partial charge in [0.15, 0.2) is 0 Å². The van der Waals surface area contributed by atoms with Crippen molar-refractivity contribution in [3.05, 3.63) is 59.9 Å². The first-order valence-electron chi connectivity index (χ1n) is 9.15. The lowest BCUT2D eigenvalue weighted by Crippen LogP contribution is -2.48. The van der Waals surface area contributed by atoms with Crippen molar-refractivity contribution >= 4 is 21.1 Å². The average molecular weight is 385 g/mol. The van der Waals surface area contributed by atoms with Crippen molar-refractivity contribution in [3.63, 3.8) is 0 Å². The summed E-state index contributed by atoms with van der Waals surface area (Å²) in [6.07, 6.45) is 1.87. The third-order valence-corrected chi connectivity index (χ3v) is 7.21. The molecule has 142 valence electrons. The molecule has 4 rings (SSSR count). The van der Waals surface area contributed by atoms with Crippen LogP contribution in [0.5, 0.6) is 0 Å². The second-order valence-corrected chi connectivity index (χ2v) is 9.05. The fraction of sp³-hybridized carbons (Fsp3) is 0.350. The summed E-state index contributed by atoms with van der Waals surface area (Å²) in [5.74, 6) is 0. The van der Waals surface area contributed by atoms with Crippen LogP contribution in [0.4, 0.5) is 0 Å². The van der Waals surface area contributed by atoms with E-state index in [9.17, 15) is 8.42 Å². The van der Waals surface area contributed by atoms with E-state index in [2.05, 4.69) is 40.4 Å². The van der Waals surface area contributed by atoms with Crippen LogP contribution in [-0.4, -0.2) is 53.4 Å². The molecule has 0 amide bonds. The number of benzene rings is 2. The molecule has 0 bridgehead atoms. The molecule has 0 N–H and O–H groups in total. The first-order chi connectivity index (χ1) is 12.9. The molecule has 1 fully saturated rings. The lowest BCUT2D eigenvalue weighted by Gasteiger charge is -2.34. The standard InChI is InChI=1S/C20H24N4O2S/c1-16-12-19-20(13-17(16)2)23(14-21-19)15-22-8-10-24(11-9-22)27(25,26)18-6-4-3-5-7-18/h3-7,12-14H,8-11,15H2,1-2H3. The Morgan fingerprint density at radius 1 is 0.963 bits per heavy atom. The Balaban J connectivity index is 1.45. The lowest BCUT2D eigenvalue weighted by molar-refractivity contribution is 0.154. The zero-order chi connectivity index (χ0) is 19.0. The smallest absolute Gasteiger partial charge is 0.243 e. The maximum atomic E-state index is 12.7. The molecule has 1 aliphatic rings. The lowest BCUT2D eigenvalue weighted by atomic mass is 10.1. The molecule has 0 atom stereocenters. The predicted octanol–water partition coefficient (Wildman–Crippen LogP) is 2.62. The molecular formula is C20H24N4O2S. The molecule has 0 unspecified atom stereocenters. The molecule has 1 aromatic heterocycles. The summed E-state index contributed by atoms with van der Waals surface area (Å²) in [7, 11) is -3.41. The minimum absolute atomic E-state index is 0.366. The van der Waals surface area contributed by atoms with Gasteiger partial charge in [0.1, 0.15) is 0 Å². The quantitative estimate of drug-likeness (QED) is 0.694. The SMILES string of the molecule is Cc1cc2ncn(CN3CCN(S(=O)(=O)c4ccccc4)CC3)c2cc1C. The number of rotatable bonds is 4. The van der Waals surface area contributed by atoms with Gasteiger partial charge in [-0.25, -0.2) is 13.4 Å². The van der Waals surface area contributed by atoms with E-state index in [0.717, 1.165) is 17.7 Å². The van der Waals surface area contributed by atoms with Gasteiger partial charge in [0, 0.05) is 26.2 Å². The molecule has 2 heterocycles. The van der Waals surface area contributed by atoms with E-state index in [-0.39, 0.29) is 0 Å². The minimum Gasteiger partial charge on any atom is -0.317 e. The van der Waals surface area contributed by atoms with Gasteiger partial charge >= 0.3 is 0 Å². The van der Waals surface area contributed by atoms with Gasteiger partial charge in [0.05, 0.1) is 28.9 Å². The molecule has 2 aromatic carbocycles. The number of hydrogen-bond donors (Lipinski definition) is 0. The van der Waals surface area contributed by atoms with E-state index in [0.29, 0.717) is 31.1 Å². The summed E-state index contributed by atoms with van der Waals surface area (Å²) in [5, 5.41) is 0. The van der Waals surface area contributed by atoms with Crippen molar-refractivity contribution in [2.75, 3.05) is 26.2 Å². The summed E-state index contributed by atoms with van der Waals surface area (Å²) in [6.45, 7) is 7.34. The number of aryl methyl sites for hydroxylation is 2. The molecule has 0 spiro atoms. The van der Waals surface area contributed by atoms with Gasteiger partial charge in [0.2, 0.25) is 10.0 Å². The predicted molar refractivity (Wildman–Crippen MR) is 106 cm³/mol. The Morgan fingerprint density at radius 2 is 1.63 bits per heavy atom. The van der Waals surface area contributed by atoms with Crippen molar-refractivity contribution in [1.82, 2.24) is 18.8 Å². The Morgan fingerprint density at radius 3 is 2.33 bits per heavy atom. The van der Waals surface area contributed by atoms with Crippen LogP contribution in [0, 0.1) is 13.8 Å². The van der Waals surface area contributed by atoms with Crippen LogP contribution in [0.2, 0.25) is 0 Å². The summed E-state index contributed by atoms with van der Waals surface area (Å²) >= 11 is 0. The summed E-state index contributed by atoms with van der Waals surface area (Å²) in [4.78, 5) is 7.15. The Hall–Kier alpha value is -2.22. The zero-order valence-electron chi connectivity index (χ0n) is 15.7. The highest BCUT2D eigenvalue weighted by molar-refractivity contribution is 7.89. The molecule has 0 aliphatic carbocycles. The van der Waals surface area contributed by atoms with E-state index in [1.807, 2.05) is 12.4 Å². The van der Waals surface area contributed by atoms with Crippen LogP contribution in [0.15, 0.2) is 53.7 Å². The van der Waals surface area contributed by atoms with E-state index in [4.69, 9.17) is 0 Å². The van der Waals surface area contributed by atoms with Gasteiger partial charge in [-0.2, -0.15) is 4.31 Å². The normalized spacial score (nSPS) is 16.8. The highest BCUT2D eigenvalue weighted by atomic mass is 32.2. The summed E-state index contributed by atoms with van der Waals surface area (Å²) in [6, 6.07) is 13.0. The average Bonchev–Trinajstić information content (AvgIpc) is 3.05. The molecule has 1 aliphatic heterocycles. The first kappa shape index (κ1) is 18.2. The van der Waals surface area contributed by atoms with Gasteiger partial charge in [-0.1, -0.05) is 18.2 Å². The molecule has 6 nitrogen and oxygen atoms in total. The van der Waals surface area contributed by atoms with Crippen molar-refractivity contribution < 1.29 is 8.42 Å². The van der Waals surface area contributed by atoms with Crippen LogP contribution in [0.3, 0.4) is 0 Å². The van der Waals surface area contributed by atoms with Crippen LogP contribution in [0.25, 0.3) is 11.0 Å². The third-order valence-electron chi connectivity index (χ3n) is 5.30. The van der Waals surface area contributed by atoms with Crippen molar-refractivity contribution in [2.45, 2.75) is 25.4 Å². The monoisotopic (exact) mass is 384 g/mol. The Bertz CT molecular complexity index is 1050. The number of fused-ring (bicyclic) bond motifs is 1. The van der Waals surface area contributed by atoms with E-state index >= 15 is 0 Å². The number of nitrogens with zero attached hydrogens (tertiary/aromatic N) is 4. The number of sulfonamides is 1. The molecule has 1 saturated heterocycles. The second kappa shape index (κ2) is 7.07. The van der Waals surface area contributed by atoms with Gasteiger partial charge in [-0.05, 0) is 49.2 Å². The molecular weight excluding hydrogens is 360 g/mol. The number of piperazine rings is 1. The minimum atomic E-state index is -3.41. The van der Waals surface area contributed by atoms with Crippen LogP contribution in [-0.2, 0) is 16.7 Å². The van der Waals surface area contributed by atoms with Crippen LogP contribution < -0.4 is 0 Å². The van der Waals surface area contributed by atoms with E-state index in [1.54, 1.807) is 28.6 Å². The molecule has 0 radical (unpaired) electrons. The fourth-order valence-electron chi connectivity index (χ4n) is 3.49. The zero-order valence-corrected chi connectivity index (χ0v) is 16.5. The van der Waals surface area contributed by atoms with Crippen molar-refractivity contribution in [1.29, 1.82) is 0 Å². The summed E-state index contributed by atoms with van der Waals surface area (Å²) < 4.78 is 29.2. The fourth-order valence-corrected chi connectivity index (χ4v) is 4.94. The largest absolute Gasteiger partial charge is 0.317 e. The van der Waals surface area contributed by atoms with Crippen molar-refractivity contribution in [3.8, 4) is 0 Å². The van der Waals surface area contributed by atoms with Gasteiger partial charge < -0.3 is 4.57 Å². The highest BCUT2D eigenvalue weighted by Crippen LogP contribution is 2.20. The van der Waals surface area contributed by atoms with Gasteiger partial charge in [-0.3, -0.25) is 4.90 Å². The van der Waals surface area contributed by atoms with Gasteiger partial charge in [0.25, 0.3) is 0 Å².